The highest BCUT2D eigenvalue weighted by Crippen LogP contribution is 2.28. The quantitative estimate of drug-likeness (QED) is 0.321. The molecule has 0 N–H and O–H groups in total. The summed E-state index contributed by atoms with van der Waals surface area (Å²) >= 11 is 0. The second kappa shape index (κ2) is 6.64. The molecule has 0 radical (unpaired) electrons. The number of carbonyl (C=O) groups is 1. The van der Waals surface area contributed by atoms with E-state index < -0.39 is 40.0 Å². The molecule has 0 bridgehead atoms. The largest absolute Gasteiger partial charge is 0.517 e. The predicted molar refractivity (Wildman–Crippen MR) is 75.5 cm³/mol. The second-order valence-corrected chi connectivity index (χ2v) is 4.58. The highest BCUT2D eigenvalue weighted by atomic mass is 16.7. The number of Topliss-reactive ketones (excluding diaryl/α,β-unsaturated/α-hetero) is 1. The van der Waals surface area contributed by atoms with Crippen LogP contribution in [0.1, 0.15) is 29.0 Å². The van der Waals surface area contributed by atoms with Gasteiger partial charge in [-0.2, -0.15) is 0 Å². The van der Waals surface area contributed by atoms with Gasteiger partial charge in [0.05, 0.1) is 0 Å². The third kappa shape index (κ3) is 3.15. The molecule has 0 aliphatic rings. The topological polar surface area (TPSA) is 142 Å². The van der Waals surface area contributed by atoms with E-state index in [1.165, 1.54) is 12.1 Å². The zero-order valence-corrected chi connectivity index (χ0v) is 11.7. The first-order chi connectivity index (χ1) is 11.0. The zero-order valence-electron chi connectivity index (χ0n) is 11.7. The molecule has 118 valence electrons. The van der Waals surface area contributed by atoms with E-state index in [0.717, 1.165) is 12.7 Å². The van der Waals surface area contributed by atoms with Crippen LogP contribution in [0.3, 0.4) is 0 Å². The Morgan fingerprint density at radius 1 is 1.04 bits per heavy atom. The van der Waals surface area contributed by atoms with Crippen LogP contribution in [0.15, 0.2) is 43.0 Å². The van der Waals surface area contributed by atoms with E-state index in [0.29, 0.717) is 5.56 Å². The third-order valence-corrected chi connectivity index (χ3v) is 3.25. The van der Waals surface area contributed by atoms with Crippen molar-refractivity contribution < 1.29 is 14.6 Å². The standard InChI is InChI=1S/C13H11N5O5/c19-11(10-4-2-1-3-5-10)6-7-13(17(20)21,18(22)23)12-15-8-14-9-16-12/h1-5,8-9H,6-7H2. The fourth-order valence-corrected chi connectivity index (χ4v) is 2.03. The molecule has 1 aromatic heterocycles. The van der Waals surface area contributed by atoms with E-state index in [9.17, 15) is 25.0 Å². The summed E-state index contributed by atoms with van der Waals surface area (Å²) < 4.78 is 0. The molecular weight excluding hydrogens is 306 g/mol. The van der Waals surface area contributed by atoms with Crippen molar-refractivity contribution in [3.05, 3.63) is 74.6 Å². The maximum absolute atomic E-state index is 12.1. The molecule has 23 heavy (non-hydrogen) atoms. The number of nitro groups is 2. The molecule has 0 aliphatic heterocycles. The van der Waals surface area contributed by atoms with Crippen molar-refractivity contribution in [1.29, 1.82) is 0 Å². The summed E-state index contributed by atoms with van der Waals surface area (Å²) in [4.78, 5) is 43.2. The molecule has 0 spiro atoms. The van der Waals surface area contributed by atoms with Gasteiger partial charge < -0.3 is 0 Å². The minimum atomic E-state index is -2.78. The number of hydrogen-bond acceptors (Lipinski definition) is 8. The van der Waals surface area contributed by atoms with Crippen molar-refractivity contribution in [3.8, 4) is 0 Å². The number of aromatic nitrogens is 3. The van der Waals surface area contributed by atoms with Crippen LogP contribution >= 0.6 is 0 Å². The Kier molecular flexibility index (Phi) is 4.64. The van der Waals surface area contributed by atoms with Gasteiger partial charge in [0.2, 0.25) is 0 Å². The Morgan fingerprint density at radius 3 is 2.13 bits per heavy atom. The first-order valence-corrected chi connectivity index (χ1v) is 6.48. The fraction of sp³-hybridized carbons (Fsp3) is 0.231. The molecule has 2 rings (SSSR count). The molecule has 1 heterocycles. The minimum absolute atomic E-state index is 0.323. The van der Waals surface area contributed by atoms with Crippen molar-refractivity contribution in [1.82, 2.24) is 15.0 Å². The van der Waals surface area contributed by atoms with Gasteiger partial charge in [-0.05, 0) is 0 Å². The van der Waals surface area contributed by atoms with Crippen LogP contribution < -0.4 is 0 Å². The van der Waals surface area contributed by atoms with Crippen LogP contribution in [0, 0.1) is 20.2 Å². The molecular formula is C13H11N5O5. The molecule has 0 unspecified atom stereocenters. The Labute approximate surface area is 129 Å². The number of carbonyl (C=O) groups excluding carboxylic acids is 1. The van der Waals surface area contributed by atoms with Crippen LogP contribution in [0.2, 0.25) is 0 Å². The summed E-state index contributed by atoms with van der Waals surface area (Å²) in [5.41, 5.74) is -2.46. The van der Waals surface area contributed by atoms with E-state index >= 15 is 0 Å². The van der Waals surface area contributed by atoms with Crippen molar-refractivity contribution >= 4 is 5.78 Å². The Balaban J connectivity index is 2.31. The number of nitrogens with zero attached hydrogens (tertiary/aromatic N) is 5. The van der Waals surface area contributed by atoms with Gasteiger partial charge in [0.1, 0.15) is 28.9 Å². The average Bonchev–Trinajstić information content (AvgIpc) is 2.56. The number of ketones is 1. The fourth-order valence-electron chi connectivity index (χ4n) is 2.03. The van der Waals surface area contributed by atoms with E-state index in [1.807, 2.05) is 0 Å². The number of hydrogen-bond donors (Lipinski definition) is 0. The smallest absolute Gasteiger partial charge is 0.294 e. The summed E-state index contributed by atoms with van der Waals surface area (Å²) in [6.45, 7) is 0. The van der Waals surface area contributed by atoms with E-state index in [1.54, 1.807) is 18.2 Å². The summed E-state index contributed by atoms with van der Waals surface area (Å²) in [6, 6.07) is 8.04. The summed E-state index contributed by atoms with van der Waals surface area (Å²) in [6.07, 6.45) is 0.814. The van der Waals surface area contributed by atoms with Gasteiger partial charge in [0.25, 0.3) is 5.82 Å². The monoisotopic (exact) mass is 317 g/mol. The van der Waals surface area contributed by atoms with Gasteiger partial charge >= 0.3 is 5.66 Å². The van der Waals surface area contributed by atoms with Crippen LogP contribution in [0.4, 0.5) is 0 Å². The predicted octanol–water partition coefficient (Wildman–Crippen LogP) is 1.24. The molecule has 0 saturated carbocycles. The SMILES string of the molecule is O=C(CCC(c1ncncn1)([N+](=O)[O-])[N+](=O)[O-])c1ccccc1. The number of rotatable bonds is 7. The second-order valence-electron chi connectivity index (χ2n) is 4.58. The molecule has 0 amide bonds. The zero-order chi connectivity index (χ0) is 16.9. The van der Waals surface area contributed by atoms with Gasteiger partial charge in [0.15, 0.2) is 5.78 Å². The van der Waals surface area contributed by atoms with Crippen molar-refractivity contribution in [3.63, 3.8) is 0 Å². The number of benzene rings is 1. The first-order valence-electron chi connectivity index (χ1n) is 6.48. The lowest BCUT2D eigenvalue weighted by atomic mass is 9.99. The van der Waals surface area contributed by atoms with Crippen LogP contribution in [0.25, 0.3) is 0 Å². The van der Waals surface area contributed by atoms with Crippen LogP contribution in [-0.2, 0) is 5.66 Å². The Morgan fingerprint density at radius 2 is 1.61 bits per heavy atom. The highest BCUT2D eigenvalue weighted by molar-refractivity contribution is 5.95. The van der Waals surface area contributed by atoms with Crippen molar-refractivity contribution in [2.24, 2.45) is 0 Å². The summed E-state index contributed by atoms with van der Waals surface area (Å²) in [7, 11) is 0. The lowest BCUT2D eigenvalue weighted by Gasteiger charge is -2.14. The summed E-state index contributed by atoms with van der Waals surface area (Å²) in [5.74, 6) is -1.05. The Hall–Kier alpha value is -3.30. The van der Waals surface area contributed by atoms with Crippen molar-refractivity contribution in [2.45, 2.75) is 18.5 Å². The van der Waals surface area contributed by atoms with Gasteiger partial charge in [-0.25, -0.2) is 15.0 Å². The molecule has 2 aromatic rings. The molecule has 10 heteroatoms. The maximum atomic E-state index is 12.1. The molecule has 0 saturated heterocycles. The molecule has 10 nitrogen and oxygen atoms in total. The highest BCUT2D eigenvalue weighted by Gasteiger charge is 2.61. The summed E-state index contributed by atoms with van der Waals surface area (Å²) in [5, 5.41) is 22.7. The molecule has 0 atom stereocenters. The minimum Gasteiger partial charge on any atom is -0.294 e. The van der Waals surface area contributed by atoms with Crippen LogP contribution in [0.5, 0.6) is 0 Å². The normalized spacial score (nSPS) is 11.0. The van der Waals surface area contributed by atoms with Gasteiger partial charge in [0, 0.05) is 12.0 Å². The molecule has 0 aliphatic carbocycles. The maximum Gasteiger partial charge on any atom is 0.517 e. The van der Waals surface area contributed by atoms with E-state index in [-0.39, 0.29) is 0 Å². The van der Waals surface area contributed by atoms with Gasteiger partial charge in [-0.1, -0.05) is 30.3 Å². The lowest BCUT2D eigenvalue weighted by Crippen LogP contribution is -2.45. The Bertz CT molecular complexity index is 708. The lowest BCUT2D eigenvalue weighted by molar-refractivity contribution is -0.813. The van der Waals surface area contributed by atoms with Gasteiger partial charge in [-0.15, -0.1) is 0 Å². The third-order valence-electron chi connectivity index (χ3n) is 3.25. The van der Waals surface area contributed by atoms with Gasteiger partial charge in [-0.3, -0.25) is 25.0 Å². The van der Waals surface area contributed by atoms with E-state index in [4.69, 9.17) is 0 Å². The molecule has 1 aromatic carbocycles. The van der Waals surface area contributed by atoms with Crippen LogP contribution in [-0.4, -0.2) is 30.6 Å². The van der Waals surface area contributed by atoms with Crippen molar-refractivity contribution in [2.75, 3.05) is 0 Å². The average molecular weight is 317 g/mol. The molecule has 0 fully saturated rings. The van der Waals surface area contributed by atoms with E-state index in [2.05, 4.69) is 15.0 Å². The first kappa shape index (κ1) is 16.1.